The molecule has 2 aromatic rings. The Hall–Kier alpha value is -2.63. The summed E-state index contributed by atoms with van der Waals surface area (Å²) in [6, 6.07) is 8.66. The molecule has 6 heteroatoms. The van der Waals surface area contributed by atoms with E-state index in [1.807, 2.05) is 38.1 Å². The SMILES string of the molecule is Cc1ccc(-n2nc(C(=O)NC(C(=O)O)C3CC3)cc2C)cc1. The van der Waals surface area contributed by atoms with Crippen molar-refractivity contribution >= 4 is 11.9 Å². The molecule has 2 N–H and O–H groups in total. The molecule has 1 atom stereocenters. The van der Waals surface area contributed by atoms with E-state index in [1.165, 1.54) is 0 Å². The van der Waals surface area contributed by atoms with E-state index in [1.54, 1.807) is 10.7 Å². The minimum atomic E-state index is -0.990. The number of aliphatic carboxylic acids is 1. The van der Waals surface area contributed by atoms with Crippen LogP contribution in [0.1, 0.15) is 34.6 Å². The van der Waals surface area contributed by atoms with Crippen molar-refractivity contribution in [1.82, 2.24) is 15.1 Å². The standard InChI is InChI=1S/C17H19N3O3/c1-10-3-7-13(8-4-10)20-11(2)9-14(19-20)16(21)18-15(17(22)23)12-5-6-12/h3-4,7-9,12,15H,5-6H2,1-2H3,(H,18,21)(H,22,23). The van der Waals surface area contributed by atoms with Crippen molar-refractivity contribution in [3.8, 4) is 5.69 Å². The molecule has 6 nitrogen and oxygen atoms in total. The van der Waals surface area contributed by atoms with E-state index in [0.717, 1.165) is 29.8 Å². The summed E-state index contributed by atoms with van der Waals surface area (Å²) in [6.45, 7) is 3.86. The Labute approximate surface area is 134 Å². The molecule has 1 saturated carbocycles. The molecular weight excluding hydrogens is 294 g/mol. The molecule has 0 aliphatic heterocycles. The zero-order chi connectivity index (χ0) is 16.6. The summed E-state index contributed by atoms with van der Waals surface area (Å²) < 4.78 is 1.68. The smallest absolute Gasteiger partial charge is 0.326 e. The number of carboxylic acids is 1. The molecule has 1 aliphatic carbocycles. The van der Waals surface area contributed by atoms with Crippen LogP contribution in [0.2, 0.25) is 0 Å². The number of aromatic nitrogens is 2. The largest absolute Gasteiger partial charge is 0.480 e. The number of carboxylic acid groups (broad SMARTS) is 1. The highest BCUT2D eigenvalue weighted by atomic mass is 16.4. The van der Waals surface area contributed by atoms with Gasteiger partial charge >= 0.3 is 5.97 Å². The average Bonchev–Trinajstić information content (AvgIpc) is 3.27. The van der Waals surface area contributed by atoms with Crippen molar-refractivity contribution in [3.05, 3.63) is 47.3 Å². The summed E-state index contributed by atoms with van der Waals surface area (Å²) >= 11 is 0. The first-order chi connectivity index (χ1) is 11.0. The van der Waals surface area contributed by atoms with Gasteiger partial charge in [-0.3, -0.25) is 4.79 Å². The predicted octanol–water partition coefficient (Wildman–Crippen LogP) is 2.08. The second-order valence-corrected chi connectivity index (χ2v) is 6.05. The second kappa shape index (κ2) is 5.87. The van der Waals surface area contributed by atoms with E-state index in [-0.39, 0.29) is 11.6 Å². The monoisotopic (exact) mass is 313 g/mol. The summed E-state index contributed by atoms with van der Waals surface area (Å²) in [5.74, 6) is -1.40. The molecule has 1 heterocycles. The third-order valence-corrected chi connectivity index (χ3v) is 4.04. The Morgan fingerprint density at radius 2 is 1.91 bits per heavy atom. The van der Waals surface area contributed by atoms with Gasteiger partial charge in [-0.2, -0.15) is 5.10 Å². The molecule has 0 saturated heterocycles. The van der Waals surface area contributed by atoms with Crippen molar-refractivity contribution < 1.29 is 14.7 Å². The van der Waals surface area contributed by atoms with Crippen LogP contribution >= 0.6 is 0 Å². The molecule has 3 rings (SSSR count). The fraction of sp³-hybridized carbons (Fsp3) is 0.353. The summed E-state index contributed by atoms with van der Waals surface area (Å²) in [6.07, 6.45) is 1.68. The molecule has 120 valence electrons. The number of carbonyl (C=O) groups excluding carboxylic acids is 1. The molecule has 1 aliphatic rings. The number of rotatable bonds is 5. The van der Waals surface area contributed by atoms with Crippen LogP contribution in [-0.2, 0) is 4.79 Å². The van der Waals surface area contributed by atoms with Crippen LogP contribution in [0.5, 0.6) is 0 Å². The molecule has 1 unspecified atom stereocenters. The fourth-order valence-corrected chi connectivity index (χ4v) is 2.56. The second-order valence-electron chi connectivity index (χ2n) is 6.05. The lowest BCUT2D eigenvalue weighted by Gasteiger charge is -2.12. The molecule has 0 radical (unpaired) electrons. The first-order valence-corrected chi connectivity index (χ1v) is 7.63. The Kier molecular flexibility index (Phi) is 3.90. The van der Waals surface area contributed by atoms with E-state index >= 15 is 0 Å². The number of carbonyl (C=O) groups is 2. The summed E-state index contributed by atoms with van der Waals surface area (Å²) in [5, 5.41) is 16.1. The van der Waals surface area contributed by atoms with E-state index in [0.29, 0.717) is 0 Å². The van der Waals surface area contributed by atoms with Crippen molar-refractivity contribution in [2.75, 3.05) is 0 Å². The number of nitrogens with zero attached hydrogens (tertiary/aromatic N) is 2. The van der Waals surface area contributed by atoms with Gasteiger partial charge in [0.2, 0.25) is 0 Å². The predicted molar refractivity (Wildman–Crippen MR) is 84.7 cm³/mol. The van der Waals surface area contributed by atoms with E-state index in [9.17, 15) is 14.7 Å². The van der Waals surface area contributed by atoms with Crippen LogP contribution in [-0.4, -0.2) is 32.8 Å². The minimum Gasteiger partial charge on any atom is -0.480 e. The number of aryl methyl sites for hydroxylation is 2. The lowest BCUT2D eigenvalue weighted by molar-refractivity contribution is -0.139. The molecular formula is C17H19N3O3. The summed E-state index contributed by atoms with van der Waals surface area (Å²) in [4.78, 5) is 23.5. The average molecular weight is 313 g/mol. The van der Waals surface area contributed by atoms with Crippen molar-refractivity contribution in [3.63, 3.8) is 0 Å². The van der Waals surface area contributed by atoms with Gasteiger partial charge in [-0.05, 0) is 50.8 Å². The van der Waals surface area contributed by atoms with Gasteiger partial charge in [0, 0.05) is 5.69 Å². The van der Waals surface area contributed by atoms with Crippen LogP contribution in [0.4, 0.5) is 0 Å². The number of hydrogen-bond donors (Lipinski definition) is 2. The number of amides is 1. The summed E-state index contributed by atoms with van der Waals surface area (Å²) in [5.41, 5.74) is 3.06. The van der Waals surface area contributed by atoms with Gasteiger partial charge in [-0.1, -0.05) is 17.7 Å². The maximum atomic E-state index is 12.3. The van der Waals surface area contributed by atoms with Gasteiger partial charge in [0.25, 0.3) is 5.91 Å². The lowest BCUT2D eigenvalue weighted by Crippen LogP contribution is -2.42. The molecule has 0 bridgehead atoms. The van der Waals surface area contributed by atoms with E-state index < -0.39 is 17.9 Å². The normalized spacial score (nSPS) is 15.2. The van der Waals surface area contributed by atoms with Crippen LogP contribution in [0, 0.1) is 19.8 Å². The number of benzene rings is 1. The third kappa shape index (κ3) is 3.26. The summed E-state index contributed by atoms with van der Waals surface area (Å²) in [7, 11) is 0. The first-order valence-electron chi connectivity index (χ1n) is 7.63. The molecule has 1 aromatic heterocycles. The highest BCUT2D eigenvalue weighted by molar-refractivity contribution is 5.95. The highest BCUT2D eigenvalue weighted by Crippen LogP contribution is 2.32. The lowest BCUT2D eigenvalue weighted by atomic mass is 10.2. The molecule has 1 amide bonds. The zero-order valence-electron chi connectivity index (χ0n) is 13.1. The third-order valence-electron chi connectivity index (χ3n) is 4.04. The minimum absolute atomic E-state index is 0.0386. The van der Waals surface area contributed by atoms with Crippen molar-refractivity contribution in [2.24, 2.45) is 5.92 Å². The van der Waals surface area contributed by atoms with Crippen molar-refractivity contribution in [2.45, 2.75) is 32.7 Å². The van der Waals surface area contributed by atoms with Crippen LogP contribution in [0.3, 0.4) is 0 Å². The van der Waals surface area contributed by atoms with E-state index in [2.05, 4.69) is 10.4 Å². The Morgan fingerprint density at radius 3 is 2.48 bits per heavy atom. The maximum absolute atomic E-state index is 12.3. The van der Waals surface area contributed by atoms with Gasteiger partial charge in [-0.15, -0.1) is 0 Å². The van der Waals surface area contributed by atoms with Crippen LogP contribution < -0.4 is 5.32 Å². The zero-order valence-corrected chi connectivity index (χ0v) is 13.1. The van der Waals surface area contributed by atoms with E-state index in [4.69, 9.17) is 0 Å². The number of hydrogen-bond acceptors (Lipinski definition) is 3. The fourth-order valence-electron chi connectivity index (χ4n) is 2.56. The van der Waals surface area contributed by atoms with Gasteiger partial charge in [-0.25, -0.2) is 9.48 Å². The molecule has 23 heavy (non-hydrogen) atoms. The van der Waals surface area contributed by atoms with Crippen LogP contribution in [0.15, 0.2) is 30.3 Å². The van der Waals surface area contributed by atoms with Gasteiger partial charge in [0.1, 0.15) is 6.04 Å². The number of nitrogens with one attached hydrogen (secondary N) is 1. The van der Waals surface area contributed by atoms with Crippen LogP contribution in [0.25, 0.3) is 5.69 Å². The first kappa shape index (κ1) is 15.3. The highest BCUT2D eigenvalue weighted by Gasteiger charge is 2.37. The van der Waals surface area contributed by atoms with Gasteiger partial charge in [0.15, 0.2) is 5.69 Å². The van der Waals surface area contributed by atoms with Gasteiger partial charge in [0.05, 0.1) is 5.69 Å². The topological polar surface area (TPSA) is 84.2 Å². The molecule has 0 spiro atoms. The Bertz CT molecular complexity index is 745. The Balaban J connectivity index is 1.81. The van der Waals surface area contributed by atoms with Gasteiger partial charge < -0.3 is 10.4 Å². The molecule has 1 aromatic carbocycles. The van der Waals surface area contributed by atoms with Crippen molar-refractivity contribution in [1.29, 1.82) is 0 Å². The molecule has 1 fully saturated rings. The maximum Gasteiger partial charge on any atom is 0.326 e. The quantitative estimate of drug-likeness (QED) is 0.885. The Morgan fingerprint density at radius 1 is 1.26 bits per heavy atom.